The maximum atomic E-state index is 12.0. The highest BCUT2D eigenvalue weighted by atomic mass is 32.1. The summed E-state index contributed by atoms with van der Waals surface area (Å²) < 4.78 is 0. The minimum atomic E-state index is -0.874. The van der Waals surface area contributed by atoms with Gasteiger partial charge in [0.05, 0.1) is 18.6 Å². The Morgan fingerprint density at radius 1 is 1.35 bits per heavy atom. The molecule has 1 aromatic carbocycles. The van der Waals surface area contributed by atoms with E-state index in [-0.39, 0.29) is 5.91 Å². The summed E-state index contributed by atoms with van der Waals surface area (Å²) in [5.41, 5.74) is 1.78. The molecule has 0 spiro atoms. The van der Waals surface area contributed by atoms with E-state index in [0.717, 1.165) is 16.9 Å². The fraction of sp³-hybridized carbons (Fsp3) is 0.333. The number of aryl methyl sites for hydroxylation is 1. The molecule has 0 radical (unpaired) electrons. The molecule has 5 heteroatoms. The second-order valence-corrected chi connectivity index (χ2v) is 6.09. The Hall–Kier alpha value is -1.72. The van der Waals surface area contributed by atoms with Crippen molar-refractivity contribution in [2.24, 2.45) is 0 Å². The van der Waals surface area contributed by atoms with E-state index in [2.05, 4.69) is 4.98 Å². The first-order valence-electron chi connectivity index (χ1n) is 6.60. The van der Waals surface area contributed by atoms with Gasteiger partial charge in [0, 0.05) is 17.5 Å². The van der Waals surface area contributed by atoms with Crippen molar-refractivity contribution in [1.29, 1.82) is 0 Å². The maximum Gasteiger partial charge on any atom is 0.223 e. The predicted octanol–water partition coefficient (Wildman–Crippen LogP) is 1.81. The summed E-state index contributed by atoms with van der Waals surface area (Å²) in [5.74, 6) is 0.0963. The Kier molecular flexibility index (Phi) is 3.54. The smallest absolute Gasteiger partial charge is 0.223 e. The Morgan fingerprint density at radius 2 is 2.10 bits per heavy atom. The van der Waals surface area contributed by atoms with Crippen LogP contribution in [0.2, 0.25) is 0 Å². The number of benzene rings is 1. The molecule has 1 fully saturated rings. The molecule has 4 nitrogen and oxygen atoms in total. The number of β-amino-alcohol motifs (C(OH)–C–C–N with tert-alkyl or cyclic N) is 1. The predicted molar refractivity (Wildman–Crippen MR) is 77.4 cm³/mol. The van der Waals surface area contributed by atoms with Gasteiger partial charge in [-0.1, -0.05) is 30.3 Å². The van der Waals surface area contributed by atoms with E-state index in [1.165, 1.54) is 0 Å². The fourth-order valence-electron chi connectivity index (χ4n) is 2.45. The van der Waals surface area contributed by atoms with E-state index in [1.807, 2.05) is 30.3 Å². The quantitative estimate of drug-likeness (QED) is 0.933. The zero-order valence-electron chi connectivity index (χ0n) is 11.0. The number of rotatable bonds is 4. The Balaban J connectivity index is 1.53. The van der Waals surface area contributed by atoms with Crippen molar-refractivity contribution in [3.63, 3.8) is 0 Å². The molecule has 20 heavy (non-hydrogen) atoms. The number of nitrogens with zero attached hydrogens (tertiary/aromatic N) is 2. The van der Waals surface area contributed by atoms with Gasteiger partial charge >= 0.3 is 0 Å². The lowest BCUT2D eigenvalue weighted by atomic mass is 9.86. The average molecular weight is 288 g/mol. The molecule has 1 saturated heterocycles. The first-order valence-corrected chi connectivity index (χ1v) is 7.48. The average Bonchev–Trinajstić information content (AvgIpc) is 2.95. The Labute approximate surface area is 121 Å². The number of aliphatic hydroxyl groups is 1. The summed E-state index contributed by atoms with van der Waals surface area (Å²) in [6.45, 7) is 0.775. The zero-order chi connectivity index (χ0) is 14.0. The molecule has 0 bridgehead atoms. The van der Waals surface area contributed by atoms with Crippen molar-refractivity contribution >= 4 is 17.2 Å². The number of thiazole rings is 1. The third-order valence-corrected chi connectivity index (χ3v) is 4.48. The van der Waals surface area contributed by atoms with Crippen LogP contribution in [0.1, 0.15) is 16.9 Å². The summed E-state index contributed by atoms with van der Waals surface area (Å²) in [4.78, 5) is 18.9. The van der Waals surface area contributed by atoms with E-state index in [0.29, 0.717) is 19.5 Å². The van der Waals surface area contributed by atoms with E-state index < -0.39 is 5.60 Å². The van der Waals surface area contributed by atoms with Crippen LogP contribution < -0.4 is 0 Å². The number of hydrogen-bond acceptors (Lipinski definition) is 4. The van der Waals surface area contributed by atoms with Crippen LogP contribution in [0.25, 0.3) is 0 Å². The third-order valence-electron chi connectivity index (χ3n) is 3.64. The van der Waals surface area contributed by atoms with Crippen LogP contribution in [0.4, 0.5) is 0 Å². The van der Waals surface area contributed by atoms with Crippen molar-refractivity contribution in [2.45, 2.75) is 18.4 Å². The molecule has 1 aromatic heterocycles. The van der Waals surface area contributed by atoms with Crippen molar-refractivity contribution in [3.05, 3.63) is 52.5 Å². The van der Waals surface area contributed by atoms with Crippen LogP contribution in [0.15, 0.2) is 42.0 Å². The Bertz CT molecular complexity index is 577. The van der Waals surface area contributed by atoms with Gasteiger partial charge in [-0.2, -0.15) is 0 Å². The second-order valence-electron chi connectivity index (χ2n) is 5.12. The monoisotopic (exact) mass is 288 g/mol. The van der Waals surface area contributed by atoms with Crippen molar-refractivity contribution in [1.82, 2.24) is 9.88 Å². The van der Waals surface area contributed by atoms with Gasteiger partial charge in [0.15, 0.2) is 0 Å². The molecule has 2 aromatic rings. The van der Waals surface area contributed by atoms with E-state index in [9.17, 15) is 9.90 Å². The van der Waals surface area contributed by atoms with Crippen LogP contribution in [-0.4, -0.2) is 34.0 Å². The molecule has 104 valence electrons. The van der Waals surface area contributed by atoms with E-state index >= 15 is 0 Å². The number of amides is 1. The van der Waals surface area contributed by atoms with Gasteiger partial charge in [-0.05, 0) is 12.0 Å². The van der Waals surface area contributed by atoms with Crippen molar-refractivity contribution in [2.75, 3.05) is 13.1 Å². The molecule has 3 rings (SSSR count). The summed E-state index contributed by atoms with van der Waals surface area (Å²) in [5, 5.41) is 10.5. The minimum absolute atomic E-state index is 0.0963. The lowest BCUT2D eigenvalue weighted by Gasteiger charge is -2.46. The molecular weight excluding hydrogens is 272 g/mol. The van der Waals surface area contributed by atoms with Crippen LogP contribution in [-0.2, 0) is 16.8 Å². The zero-order valence-corrected chi connectivity index (χ0v) is 11.8. The first kappa shape index (κ1) is 13.3. The summed E-state index contributed by atoms with van der Waals surface area (Å²) in [6, 6.07) is 9.53. The molecule has 0 unspecified atom stereocenters. The minimum Gasteiger partial charge on any atom is -0.381 e. The van der Waals surface area contributed by atoms with Gasteiger partial charge in [0.2, 0.25) is 5.91 Å². The number of carbonyl (C=O) groups excluding carboxylic acids is 1. The largest absolute Gasteiger partial charge is 0.381 e. The van der Waals surface area contributed by atoms with Gasteiger partial charge in [0.25, 0.3) is 0 Å². The number of aromatic nitrogens is 1. The van der Waals surface area contributed by atoms with Crippen molar-refractivity contribution < 1.29 is 9.90 Å². The summed E-state index contributed by atoms with van der Waals surface area (Å²) in [7, 11) is 0. The molecule has 1 N–H and O–H groups in total. The van der Waals surface area contributed by atoms with Gasteiger partial charge in [-0.15, -0.1) is 11.3 Å². The summed E-state index contributed by atoms with van der Waals surface area (Å²) >= 11 is 1.57. The van der Waals surface area contributed by atoms with Gasteiger partial charge in [0.1, 0.15) is 5.60 Å². The standard InChI is InChI=1S/C15H16N2O2S/c18-14(7-6-13-8-16-11-20-13)17-9-15(19,10-17)12-4-2-1-3-5-12/h1-5,8,11,19H,6-7,9-10H2. The molecule has 1 amide bonds. The van der Waals surface area contributed by atoms with Crippen LogP contribution in [0.3, 0.4) is 0 Å². The summed E-state index contributed by atoms with van der Waals surface area (Å²) in [6.07, 6.45) is 3.01. The lowest BCUT2D eigenvalue weighted by molar-refractivity contribution is -0.157. The fourth-order valence-corrected chi connectivity index (χ4v) is 3.05. The van der Waals surface area contributed by atoms with Crippen LogP contribution >= 0.6 is 11.3 Å². The van der Waals surface area contributed by atoms with Crippen LogP contribution in [0, 0.1) is 0 Å². The Morgan fingerprint density at radius 3 is 2.75 bits per heavy atom. The van der Waals surface area contributed by atoms with Gasteiger partial charge < -0.3 is 10.0 Å². The number of likely N-dealkylation sites (tertiary alicyclic amines) is 1. The molecule has 1 aliphatic heterocycles. The highest BCUT2D eigenvalue weighted by Gasteiger charge is 2.44. The van der Waals surface area contributed by atoms with E-state index in [1.54, 1.807) is 27.9 Å². The molecule has 1 aliphatic rings. The molecule has 0 saturated carbocycles. The highest BCUT2D eigenvalue weighted by Crippen LogP contribution is 2.32. The van der Waals surface area contributed by atoms with Gasteiger partial charge in [-0.25, -0.2) is 0 Å². The third kappa shape index (κ3) is 2.59. The molecule has 0 atom stereocenters. The SMILES string of the molecule is O=C(CCc1cncs1)N1CC(O)(c2ccccc2)C1. The lowest BCUT2D eigenvalue weighted by Crippen LogP contribution is -2.61. The number of hydrogen-bond donors (Lipinski definition) is 1. The van der Waals surface area contributed by atoms with E-state index in [4.69, 9.17) is 0 Å². The van der Waals surface area contributed by atoms with Crippen LogP contribution in [0.5, 0.6) is 0 Å². The molecule has 2 heterocycles. The van der Waals surface area contributed by atoms with Gasteiger partial charge in [-0.3, -0.25) is 9.78 Å². The topological polar surface area (TPSA) is 53.4 Å². The maximum absolute atomic E-state index is 12.0. The molecular formula is C15H16N2O2S. The normalized spacial score (nSPS) is 16.8. The number of carbonyl (C=O) groups is 1. The first-order chi connectivity index (χ1) is 9.67. The molecule has 0 aliphatic carbocycles. The highest BCUT2D eigenvalue weighted by molar-refractivity contribution is 7.09. The van der Waals surface area contributed by atoms with Crippen molar-refractivity contribution in [3.8, 4) is 0 Å². The second kappa shape index (κ2) is 5.34.